The van der Waals surface area contributed by atoms with Crippen molar-refractivity contribution in [2.45, 2.75) is 12.8 Å². The number of hydrogen-bond acceptors (Lipinski definition) is 2. The van der Waals surface area contributed by atoms with Crippen LogP contribution in [0.25, 0.3) is 0 Å². The molecule has 0 unspecified atom stereocenters. The second-order valence-electron chi connectivity index (χ2n) is 3.86. The van der Waals surface area contributed by atoms with Crippen LogP contribution in [0.3, 0.4) is 0 Å². The Morgan fingerprint density at radius 2 is 2.19 bits per heavy atom. The molecule has 0 amide bonds. The molecule has 86 valence electrons. The van der Waals surface area contributed by atoms with Crippen LogP contribution in [-0.2, 0) is 0 Å². The molecule has 1 N–H and O–H groups in total. The Morgan fingerprint density at radius 1 is 1.31 bits per heavy atom. The van der Waals surface area contributed by atoms with E-state index in [9.17, 15) is 0 Å². The highest BCUT2D eigenvalue weighted by Crippen LogP contribution is 2.24. The average molecular weight is 282 g/mol. The third-order valence-corrected chi connectivity index (χ3v) is 3.28. The lowest BCUT2D eigenvalue weighted by molar-refractivity contribution is 0.317. The zero-order chi connectivity index (χ0) is 11.2. The van der Waals surface area contributed by atoms with Crippen molar-refractivity contribution in [1.29, 1.82) is 0 Å². The van der Waals surface area contributed by atoms with E-state index in [-0.39, 0.29) is 0 Å². The third-order valence-electron chi connectivity index (χ3n) is 2.62. The topological polar surface area (TPSA) is 21.3 Å². The van der Waals surface area contributed by atoms with E-state index in [1.165, 1.54) is 5.57 Å². The van der Waals surface area contributed by atoms with Crippen molar-refractivity contribution in [2.24, 2.45) is 0 Å². The molecule has 0 atom stereocenters. The van der Waals surface area contributed by atoms with Crippen molar-refractivity contribution in [3.63, 3.8) is 0 Å². The number of ether oxygens (including phenoxy) is 1. The van der Waals surface area contributed by atoms with Gasteiger partial charge in [-0.05, 0) is 41.0 Å². The summed E-state index contributed by atoms with van der Waals surface area (Å²) in [5.41, 5.74) is 1.46. The summed E-state index contributed by atoms with van der Waals surface area (Å²) in [5.74, 6) is 0.923. The number of hydrogen-bond donors (Lipinski definition) is 1. The molecule has 1 heterocycles. The smallest absolute Gasteiger partial charge is 0.133 e. The van der Waals surface area contributed by atoms with Gasteiger partial charge < -0.3 is 10.1 Å². The molecule has 0 spiro atoms. The van der Waals surface area contributed by atoms with Gasteiger partial charge in [-0.25, -0.2) is 0 Å². The Bertz CT molecular complexity index is 376. The van der Waals surface area contributed by atoms with Gasteiger partial charge in [0.1, 0.15) is 5.75 Å². The van der Waals surface area contributed by atoms with E-state index in [2.05, 4.69) is 27.3 Å². The maximum Gasteiger partial charge on any atom is 0.133 e. The van der Waals surface area contributed by atoms with Gasteiger partial charge in [0.05, 0.1) is 11.1 Å². The quantitative estimate of drug-likeness (QED) is 0.857. The maximum atomic E-state index is 5.72. The Labute approximate surface area is 105 Å². The Kier molecular flexibility index (Phi) is 4.43. The van der Waals surface area contributed by atoms with Crippen molar-refractivity contribution in [1.82, 2.24) is 5.32 Å². The Morgan fingerprint density at radius 3 is 2.94 bits per heavy atom. The van der Waals surface area contributed by atoms with E-state index in [1.807, 2.05) is 24.3 Å². The second kappa shape index (κ2) is 6.06. The molecule has 0 aliphatic carbocycles. The first-order chi connectivity index (χ1) is 7.86. The summed E-state index contributed by atoms with van der Waals surface area (Å²) in [6.07, 6.45) is 4.47. The summed E-state index contributed by atoms with van der Waals surface area (Å²) < 4.78 is 6.74. The van der Waals surface area contributed by atoms with Crippen LogP contribution in [0.5, 0.6) is 5.75 Å². The fourth-order valence-electron chi connectivity index (χ4n) is 1.74. The van der Waals surface area contributed by atoms with Crippen LogP contribution >= 0.6 is 15.9 Å². The molecule has 2 rings (SSSR count). The van der Waals surface area contributed by atoms with Crippen LogP contribution in [-0.4, -0.2) is 19.7 Å². The van der Waals surface area contributed by atoms with Crippen LogP contribution in [0.2, 0.25) is 0 Å². The van der Waals surface area contributed by atoms with Crippen LogP contribution in [0.4, 0.5) is 0 Å². The average Bonchev–Trinajstić information content (AvgIpc) is 2.33. The minimum atomic E-state index is 0.746. The van der Waals surface area contributed by atoms with Crippen molar-refractivity contribution < 1.29 is 4.74 Å². The molecule has 3 heteroatoms. The normalized spacial score (nSPS) is 15.7. The molecule has 16 heavy (non-hydrogen) atoms. The molecule has 1 aliphatic rings. The van der Waals surface area contributed by atoms with Gasteiger partial charge in [0, 0.05) is 13.0 Å². The first-order valence-corrected chi connectivity index (χ1v) is 6.41. The molecule has 0 saturated carbocycles. The lowest BCUT2D eigenvalue weighted by Crippen LogP contribution is -2.23. The van der Waals surface area contributed by atoms with Gasteiger partial charge in [0.15, 0.2) is 0 Å². The van der Waals surface area contributed by atoms with Crippen LogP contribution < -0.4 is 10.1 Å². The first-order valence-electron chi connectivity index (χ1n) is 5.62. The van der Waals surface area contributed by atoms with E-state index < -0.39 is 0 Å². The van der Waals surface area contributed by atoms with Gasteiger partial charge in [0.2, 0.25) is 0 Å². The number of halogens is 1. The number of benzene rings is 1. The second-order valence-corrected chi connectivity index (χ2v) is 4.71. The number of rotatable bonds is 4. The molecule has 1 aliphatic heterocycles. The van der Waals surface area contributed by atoms with Gasteiger partial charge in [-0.2, -0.15) is 0 Å². The monoisotopic (exact) mass is 281 g/mol. The van der Waals surface area contributed by atoms with E-state index in [0.29, 0.717) is 0 Å². The highest BCUT2D eigenvalue weighted by molar-refractivity contribution is 9.10. The van der Waals surface area contributed by atoms with Crippen molar-refractivity contribution >= 4 is 15.9 Å². The Hall–Kier alpha value is -0.800. The van der Waals surface area contributed by atoms with Crippen molar-refractivity contribution in [3.8, 4) is 5.75 Å². The third kappa shape index (κ3) is 3.35. The molecule has 0 radical (unpaired) electrons. The predicted molar refractivity (Wildman–Crippen MR) is 69.8 cm³/mol. The summed E-state index contributed by atoms with van der Waals surface area (Å²) >= 11 is 3.47. The van der Waals surface area contributed by atoms with Gasteiger partial charge in [-0.15, -0.1) is 0 Å². The zero-order valence-corrected chi connectivity index (χ0v) is 10.8. The maximum absolute atomic E-state index is 5.72. The fourth-order valence-corrected chi connectivity index (χ4v) is 2.14. The summed E-state index contributed by atoms with van der Waals surface area (Å²) in [4.78, 5) is 0. The van der Waals surface area contributed by atoms with Crippen molar-refractivity contribution in [2.75, 3.05) is 19.7 Å². The SMILES string of the molecule is Brc1ccccc1OCCC1=CCCNC1. The standard InChI is InChI=1S/C13H16BrNO/c14-12-5-1-2-6-13(12)16-9-7-11-4-3-8-15-10-11/h1-2,4-6,15H,3,7-10H2. The summed E-state index contributed by atoms with van der Waals surface area (Å²) in [5, 5.41) is 3.36. The molecule has 0 aromatic heterocycles. The molecule has 0 saturated heterocycles. The summed E-state index contributed by atoms with van der Waals surface area (Å²) in [7, 11) is 0. The molecule has 1 aromatic carbocycles. The van der Waals surface area contributed by atoms with Gasteiger partial charge in [-0.1, -0.05) is 23.8 Å². The van der Waals surface area contributed by atoms with Gasteiger partial charge in [-0.3, -0.25) is 0 Å². The van der Waals surface area contributed by atoms with Crippen LogP contribution in [0, 0.1) is 0 Å². The molecule has 0 fully saturated rings. The lowest BCUT2D eigenvalue weighted by Gasteiger charge is -2.14. The van der Waals surface area contributed by atoms with E-state index in [4.69, 9.17) is 4.74 Å². The van der Waals surface area contributed by atoms with Crippen LogP contribution in [0.15, 0.2) is 40.4 Å². The Balaban J connectivity index is 1.80. The highest BCUT2D eigenvalue weighted by atomic mass is 79.9. The minimum absolute atomic E-state index is 0.746. The van der Waals surface area contributed by atoms with Crippen molar-refractivity contribution in [3.05, 3.63) is 40.4 Å². The van der Waals surface area contributed by atoms with Gasteiger partial charge in [0.25, 0.3) is 0 Å². The van der Waals surface area contributed by atoms with E-state index in [1.54, 1.807) is 0 Å². The molecule has 2 nitrogen and oxygen atoms in total. The predicted octanol–water partition coefficient (Wildman–Crippen LogP) is 3.14. The molecular weight excluding hydrogens is 266 g/mol. The lowest BCUT2D eigenvalue weighted by atomic mass is 10.1. The fraction of sp³-hybridized carbons (Fsp3) is 0.385. The zero-order valence-electron chi connectivity index (χ0n) is 9.21. The first kappa shape index (κ1) is 11.7. The minimum Gasteiger partial charge on any atom is -0.492 e. The number of para-hydroxylation sites is 1. The van der Waals surface area contributed by atoms with Crippen LogP contribution in [0.1, 0.15) is 12.8 Å². The highest BCUT2D eigenvalue weighted by Gasteiger charge is 2.04. The summed E-state index contributed by atoms with van der Waals surface area (Å²) in [6.45, 7) is 2.87. The van der Waals surface area contributed by atoms with Gasteiger partial charge >= 0.3 is 0 Å². The van der Waals surface area contributed by atoms with E-state index >= 15 is 0 Å². The molecule has 0 bridgehead atoms. The largest absolute Gasteiger partial charge is 0.492 e. The number of nitrogens with one attached hydrogen (secondary N) is 1. The molecular formula is C13H16BrNO. The van der Waals surface area contributed by atoms with E-state index in [0.717, 1.165) is 42.8 Å². The molecule has 1 aromatic rings. The summed E-state index contributed by atoms with van der Waals surface area (Å²) in [6, 6.07) is 7.96.